The molecule has 0 bridgehead atoms. The van der Waals surface area contributed by atoms with Gasteiger partial charge in [0.05, 0.1) is 20.8 Å². The molecule has 1 aliphatic heterocycles. The van der Waals surface area contributed by atoms with Gasteiger partial charge < -0.3 is 9.47 Å². The molecule has 136 valence electrons. The van der Waals surface area contributed by atoms with E-state index in [2.05, 4.69) is 33.4 Å². The number of likely N-dealkylation sites (tertiary alicyclic amines) is 1. The molecule has 25 heavy (non-hydrogen) atoms. The Bertz CT molecular complexity index is 688. The van der Waals surface area contributed by atoms with E-state index in [1.807, 2.05) is 16.8 Å². The summed E-state index contributed by atoms with van der Waals surface area (Å²) in [7, 11) is 3.38. The lowest BCUT2D eigenvalue weighted by Crippen LogP contribution is -2.25. The van der Waals surface area contributed by atoms with Crippen molar-refractivity contribution in [1.29, 1.82) is 0 Å². The molecule has 0 spiro atoms. The van der Waals surface area contributed by atoms with Crippen molar-refractivity contribution >= 4 is 0 Å². The molecule has 2 aromatic rings. The maximum Gasteiger partial charge on any atom is 0.165 e. The van der Waals surface area contributed by atoms with Gasteiger partial charge in [-0.05, 0) is 42.3 Å². The van der Waals surface area contributed by atoms with Crippen molar-refractivity contribution < 1.29 is 9.47 Å². The first-order chi connectivity index (χ1) is 12.3. The molecule has 3 rings (SSSR count). The number of hydrogen-bond donors (Lipinski definition) is 0. The zero-order valence-corrected chi connectivity index (χ0v) is 15.3. The largest absolute Gasteiger partial charge is 0.497 e. The monoisotopic (exact) mass is 345 g/mol. The van der Waals surface area contributed by atoms with Gasteiger partial charge in [0.2, 0.25) is 0 Å². The second kappa shape index (κ2) is 8.29. The van der Waals surface area contributed by atoms with E-state index in [-0.39, 0.29) is 0 Å². The number of rotatable bonds is 8. The first-order valence-corrected chi connectivity index (χ1v) is 8.97. The van der Waals surface area contributed by atoms with Crippen LogP contribution < -0.4 is 9.47 Å². The number of methoxy groups -OCH3 is 2. The number of ether oxygens (including phenoxy) is 2. The number of unbranched alkanes of at least 4 members (excludes halogenated alkanes) is 1. The summed E-state index contributed by atoms with van der Waals surface area (Å²) in [5.41, 5.74) is 1.20. The van der Waals surface area contributed by atoms with Gasteiger partial charge in [0, 0.05) is 24.2 Å². The molecule has 1 aromatic carbocycles. The molecule has 7 heteroatoms. The number of hydrogen-bond acceptors (Lipinski definition) is 6. The molecular formula is C18H27N5O2. The summed E-state index contributed by atoms with van der Waals surface area (Å²) in [6.07, 6.45) is 4.50. The predicted molar refractivity (Wildman–Crippen MR) is 94.7 cm³/mol. The lowest BCUT2D eigenvalue weighted by molar-refractivity contribution is 0.232. The molecule has 1 saturated heterocycles. The van der Waals surface area contributed by atoms with E-state index in [1.54, 1.807) is 14.2 Å². The standard InChI is InChI=1S/C18H27N5O2/c1-4-5-11-23-18(19-20-21-23)13-22-10-6-7-16(22)15-9-8-14(24-2)12-17(15)25-3/h8-9,12,16H,4-7,10-11,13H2,1-3H3. The van der Waals surface area contributed by atoms with E-state index in [9.17, 15) is 0 Å². The molecule has 1 aromatic heterocycles. The Hall–Kier alpha value is -2.15. The molecule has 0 N–H and O–H groups in total. The van der Waals surface area contributed by atoms with Crippen LogP contribution in [0.3, 0.4) is 0 Å². The van der Waals surface area contributed by atoms with Gasteiger partial charge in [0.1, 0.15) is 11.5 Å². The zero-order valence-electron chi connectivity index (χ0n) is 15.3. The topological polar surface area (TPSA) is 65.3 Å². The highest BCUT2D eigenvalue weighted by molar-refractivity contribution is 5.42. The Balaban J connectivity index is 1.78. The Morgan fingerprint density at radius 1 is 1.24 bits per heavy atom. The average molecular weight is 345 g/mol. The molecule has 1 aliphatic rings. The molecule has 0 amide bonds. The van der Waals surface area contributed by atoms with Gasteiger partial charge in [-0.2, -0.15) is 0 Å². The fraction of sp³-hybridized carbons (Fsp3) is 0.611. The van der Waals surface area contributed by atoms with E-state index >= 15 is 0 Å². The molecule has 0 saturated carbocycles. The number of nitrogens with zero attached hydrogens (tertiary/aromatic N) is 5. The van der Waals surface area contributed by atoms with Crippen molar-refractivity contribution in [2.24, 2.45) is 0 Å². The van der Waals surface area contributed by atoms with Crippen molar-refractivity contribution in [2.45, 2.75) is 51.7 Å². The Kier molecular flexibility index (Phi) is 5.86. The van der Waals surface area contributed by atoms with Gasteiger partial charge in [-0.25, -0.2) is 4.68 Å². The number of benzene rings is 1. The number of aromatic nitrogens is 4. The van der Waals surface area contributed by atoms with Crippen LogP contribution in [-0.2, 0) is 13.1 Å². The van der Waals surface area contributed by atoms with Gasteiger partial charge in [-0.3, -0.25) is 4.90 Å². The lowest BCUT2D eigenvalue weighted by Gasteiger charge is -2.25. The van der Waals surface area contributed by atoms with Crippen molar-refractivity contribution in [3.8, 4) is 11.5 Å². The predicted octanol–water partition coefficient (Wildman–Crippen LogP) is 2.83. The van der Waals surface area contributed by atoms with E-state index < -0.39 is 0 Å². The fourth-order valence-corrected chi connectivity index (χ4v) is 3.46. The summed E-state index contributed by atoms with van der Waals surface area (Å²) in [5.74, 6) is 2.63. The third kappa shape index (κ3) is 3.92. The maximum atomic E-state index is 5.61. The van der Waals surface area contributed by atoms with Crippen LogP contribution in [0.5, 0.6) is 11.5 Å². The van der Waals surface area contributed by atoms with Crippen molar-refractivity contribution in [3.63, 3.8) is 0 Å². The van der Waals surface area contributed by atoms with Crippen LogP contribution in [0.2, 0.25) is 0 Å². The zero-order chi connectivity index (χ0) is 17.6. The normalized spacial score (nSPS) is 17.8. The van der Waals surface area contributed by atoms with Crippen LogP contribution in [0.25, 0.3) is 0 Å². The minimum absolute atomic E-state index is 0.317. The third-order valence-corrected chi connectivity index (χ3v) is 4.84. The molecule has 1 fully saturated rings. The van der Waals surface area contributed by atoms with Crippen LogP contribution in [0.4, 0.5) is 0 Å². The van der Waals surface area contributed by atoms with Crippen LogP contribution in [-0.4, -0.2) is 45.9 Å². The number of tetrazole rings is 1. The summed E-state index contributed by atoms with van der Waals surface area (Å²) in [6.45, 7) is 4.86. The number of aryl methyl sites for hydroxylation is 1. The summed E-state index contributed by atoms with van der Waals surface area (Å²) >= 11 is 0. The smallest absolute Gasteiger partial charge is 0.165 e. The van der Waals surface area contributed by atoms with E-state index in [1.165, 1.54) is 5.56 Å². The molecule has 1 atom stereocenters. The fourth-order valence-electron chi connectivity index (χ4n) is 3.46. The molecule has 7 nitrogen and oxygen atoms in total. The lowest BCUT2D eigenvalue weighted by atomic mass is 10.0. The van der Waals surface area contributed by atoms with Gasteiger partial charge in [0.15, 0.2) is 5.82 Å². The van der Waals surface area contributed by atoms with Crippen LogP contribution in [0.1, 0.15) is 50.0 Å². The van der Waals surface area contributed by atoms with Crippen LogP contribution in [0.15, 0.2) is 18.2 Å². The van der Waals surface area contributed by atoms with Gasteiger partial charge >= 0.3 is 0 Å². The Morgan fingerprint density at radius 3 is 2.88 bits per heavy atom. The third-order valence-electron chi connectivity index (χ3n) is 4.84. The first-order valence-electron chi connectivity index (χ1n) is 8.97. The highest BCUT2D eigenvalue weighted by Gasteiger charge is 2.29. The second-order valence-electron chi connectivity index (χ2n) is 6.41. The molecule has 2 heterocycles. The van der Waals surface area contributed by atoms with Gasteiger partial charge in [-0.15, -0.1) is 5.10 Å². The summed E-state index contributed by atoms with van der Waals surface area (Å²) < 4.78 is 12.9. The Morgan fingerprint density at radius 2 is 2.12 bits per heavy atom. The van der Waals surface area contributed by atoms with Crippen molar-refractivity contribution in [3.05, 3.63) is 29.6 Å². The van der Waals surface area contributed by atoms with Crippen molar-refractivity contribution in [1.82, 2.24) is 25.1 Å². The molecular weight excluding hydrogens is 318 g/mol. The minimum Gasteiger partial charge on any atom is -0.497 e. The highest BCUT2D eigenvalue weighted by atomic mass is 16.5. The van der Waals surface area contributed by atoms with E-state index in [4.69, 9.17) is 9.47 Å². The quantitative estimate of drug-likeness (QED) is 0.733. The van der Waals surface area contributed by atoms with Crippen molar-refractivity contribution in [2.75, 3.05) is 20.8 Å². The van der Waals surface area contributed by atoms with Gasteiger partial charge in [0.25, 0.3) is 0 Å². The summed E-state index contributed by atoms with van der Waals surface area (Å²) in [6, 6.07) is 6.38. The first kappa shape index (κ1) is 17.7. The summed E-state index contributed by atoms with van der Waals surface area (Å²) in [4.78, 5) is 2.44. The van der Waals surface area contributed by atoms with E-state index in [0.717, 1.165) is 62.6 Å². The molecule has 1 unspecified atom stereocenters. The average Bonchev–Trinajstić information content (AvgIpc) is 3.29. The minimum atomic E-state index is 0.317. The maximum absolute atomic E-state index is 5.61. The highest BCUT2D eigenvalue weighted by Crippen LogP contribution is 2.39. The second-order valence-corrected chi connectivity index (χ2v) is 6.41. The summed E-state index contributed by atoms with van der Waals surface area (Å²) in [5, 5.41) is 12.2. The van der Waals surface area contributed by atoms with Crippen LogP contribution in [0, 0.1) is 0 Å². The van der Waals surface area contributed by atoms with Gasteiger partial charge in [-0.1, -0.05) is 19.4 Å². The SMILES string of the molecule is CCCCn1nnnc1CN1CCCC1c1ccc(OC)cc1OC. The Labute approximate surface area is 148 Å². The molecule has 0 radical (unpaired) electrons. The van der Waals surface area contributed by atoms with E-state index in [0.29, 0.717) is 6.04 Å². The molecule has 0 aliphatic carbocycles. The van der Waals surface area contributed by atoms with Crippen LogP contribution >= 0.6 is 0 Å².